The molecule has 0 N–H and O–H groups in total. The number of carbonyl (C=O) groups is 2. The topological polar surface area (TPSA) is 49.9 Å². The van der Waals surface area contributed by atoms with Crippen molar-refractivity contribution in [3.63, 3.8) is 0 Å². The maximum absolute atomic E-state index is 11.9. The summed E-state index contributed by atoms with van der Waals surface area (Å²) < 4.78 is 6.12. The van der Waals surface area contributed by atoms with Crippen molar-refractivity contribution in [2.45, 2.75) is 57.5 Å². The zero-order valence-electron chi connectivity index (χ0n) is 13.7. The lowest BCUT2D eigenvalue weighted by Gasteiger charge is -2.53. The van der Waals surface area contributed by atoms with Crippen LogP contribution in [-0.2, 0) is 14.3 Å². The zero-order valence-corrected chi connectivity index (χ0v) is 13.7. The van der Waals surface area contributed by atoms with Crippen molar-refractivity contribution in [3.8, 4) is 0 Å². The predicted molar refractivity (Wildman–Crippen MR) is 83.3 cm³/mol. The molecule has 1 atom stereocenters. The Hall–Kier alpha value is -1.10. The van der Waals surface area contributed by atoms with Gasteiger partial charge >= 0.3 is 0 Å². The van der Waals surface area contributed by atoms with E-state index in [9.17, 15) is 9.59 Å². The van der Waals surface area contributed by atoms with Crippen LogP contribution < -0.4 is 0 Å². The summed E-state index contributed by atoms with van der Waals surface area (Å²) in [6, 6.07) is 0. The van der Waals surface area contributed by atoms with Crippen molar-refractivity contribution in [1.29, 1.82) is 0 Å². The van der Waals surface area contributed by atoms with Crippen molar-refractivity contribution >= 4 is 11.8 Å². The Morgan fingerprint density at radius 3 is 2.82 bits per heavy atom. The molecular weight excluding hydrogens is 280 g/mol. The molecule has 2 amide bonds. The lowest BCUT2D eigenvalue weighted by atomic mass is 9.82. The minimum Gasteiger partial charge on any atom is -0.371 e. The molecule has 0 aliphatic carbocycles. The maximum atomic E-state index is 11.9. The van der Waals surface area contributed by atoms with Gasteiger partial charge < -0.3 is 14.5 Å². The summed E-state index contributed by atoms with van der Waals surface area (Å²) in [5.74, 6) is 1.04. The highest BCUT2D eigenvalue weighted by Crippen LogP contribution is 2.36. The molecule has 0 unspecified atom stereocenters. The highest BCUT2D eigenvalue weighted by molar-refractivity contribution is 5.77. The number of hydrogen-bond donors (Lipinski definition) is 0. The summed E-state index contributed by atoms with van der Waals surface area (Å²) in [6.45, 7) is 6.08. The van der Waals surface area contributed by atoms with Gasteiger partial charge in [-0.25, -0.2) is 0 Å². The Kier molecular flexibility index (Phi) is 4.71. The van der Waals surface area contributed by atoms with Gasteiger partial charge in [0.2, 0.25) is 11.8 Å². The second-order valence-electron chi connectivity index (χ2n) is 7.20. The number of hydrogen-bond acceptors (Lipinski definition) is 3. The van der Waals surface area contributed by atoms with Gasteiger partial charge in [0.05, 0.1) is 19.7 Å². The van der Waals surface area contributed by atoms with E-state index >= 15 is 0 Å². The Morgan fingerprint density at radius 1 is 1.36 bits per heavy atom. The largest absolute Gasteiger partial charge is 0.371 e. The molecular formula is C17H28N2O3. The minimum absolute atomic E-state index is 0.0776. The molecule has 3 rings (SSSR count). The molecule has 3 aliphatic heterocycles. The van der Waals surface area contributed by atoms with Crippen molar-refractivity contribution in [1.82, 2.24) is 9.80 Å². The third-order valence-electron chi connectivity index (χ3n) is 5.31. The molecule has 22 heavy (non-hydrogen) atoms. The number of rotatable bonds is 4. The Bertz CT molecular complexity index is 422. The third kappa shape index (κ3) is 3.29. The van der Waals surface area contributed by atoms with Gasteiger partial charge in [-0.1, -0.05) is 6.92 Å². The van der Waals surface area contributed by atoms with E-state index in [0.717, 1.165) is 64.9 Å². The van der Waals surface area contributed by atoms with Crippen LogP contribution in [0.25, 0.3) is 0 Å². The highest BCUT2D eigenvalue weighted by atomic mass is 16.5. The van der Waals surface area contributed by atoms with Crippen LogP contribution in [0.5, 0.6) is 0 Å². The van der Waals surface area contributed by atoms with Crippen LogP contribution in [0.15, 0.2) is 0 Å². The van der Waals surface area contributed by atoms with Crippen molar-refractivity contribution < 1.29 is 14.3 Å². The molecule has 0 saturated carbocycles. The average Bonchev–Trinajstić information content (AvgIpc) is 2.48. The van der Waals surface area contributed by atoms with Crippen molar-refractivity contribution in [3.05, 3.63) is 0 Å². The normalized spacial score (nSPS) is 27.9. The smallest absolute Gasteiger partial charge is 0.222 e. The van der Waals surface area contributed by atoms with Crippen LogP contribution in [-0.4, -0.2) is 60.0 Å². The third-order valence-corrected chi connectivity index (χ3v) is 5.31. The highest BCUT2D eigenvalue weighted by Gasteiger charge is 2.48. The number of amides is 2. The molecule has 124 valence electrons. The van der Waals surface area contributed by atoms with Gasteiger partial charge in [0.1, 0.15) is 5.60 Å². The van der Waals surface area contributed by atoms with Crippen LogP contribution in [0.2, 0.25) is 0 Å². The number of carbonyl (C=O) groups excluding carboxylic acids is 2. The average molecular weight is 308 g/mol. The standard InChI is InChI=1S/C17H28N2O3/c1-2-5-15(20)19-12-17(13-19)8-7-14(11-22-17)10-18-9-4-3-6-16(18)21/h14H,2-13H2,1H3/t14-/m0/s1. The molecule has 0 bridgehead atoms. The van der Waals surface area contributed by atoms with Crippen LogP contribution in [0.4, 0.5) is 0 Å². The summed E-state index contributed by atoms with van der Waals surface area (Å²) in [7, 11) is 0. The second-order valence-corrected chi connectivity index (χ2v) is 7.20. The number of likely N-dealkylation sites (tertiary alicyclic amines) is 2. The maximum Gasteiger partial charge on any atom is 0.222 e. The van der Waals surface area contributed by atoms with E-state index in [2.05, 4.69) is 0 Å². The predicted octanol–water partition coefficient (Wildman–Crippen LogP) is 1.81. The van der Waals surface area contributed by atoms with Gasteiger partial charge in [0, 0.05) is 31.8 Å². The van der Waals surface area contributed by atoms with E-state index in [-0.39, 0.29) is 11.5 Å². The van der Waals surface area contributed by atoms with E-state index in [1.54, 1.807) is 0 Å². The molecule has 3 aliphatic rings. The van der Waals surface area contributed by atoms with Crippen LogP contribution >= 0.6 is 0 Å². The fourth-order valence-corrected chi connectivity index (χ4v) is 3.87. The first-order chi connectivity index (χ1) is 10.6. The van der Waals surface area contributed by atoms with Gasteiger partial charge in [-0.2, -0.15) is 0 Å². The monoisotopic (exact) mass is 308 g/mol. The van der Waals surface area contributed by atoms with Gasteiger partial charge in [-0.3, -0.25) is 9.59 Å². The van der Waals surface area contributed by atoms with Crippen LogP contribution in [0, 0.1) is 5.92 Å². The number of nitrogens with zero attached hydrogens (tertiary/aromatic N) is 2. The van der Waals surface area contributed by atoms with E-state index in [0.29, 0.717) is 24.7 Å². The van der Waals surface area contributed by atoms with E-state index < -0.39 is 0 Å². The second kappa shape index (κ2) is 6.57. The lowest BCUT2D eigenvalue weighted by molar-refractivity contribution is -0.190. The summed E-state index contributed by atoms with van der Waals surface area (Å²) >= 11 is 0. The van der Waals surface area contributed by atoms with Gasteiger partial charge in [0.25, 0.3) is 0 Å². The Labute approximate surface area is 133 Å². The number of ether oxygens (including phenoxy) is 1. The lowest BCUT2D eigenvalue weighted by Crippen LogP contribution is -2.66. The molecule has 3 saturated heterocycles. The minimum atomic E-state index is -0.0776. The van der Waals surface area contributed by atoms with Gasteiger partial charge in [0.15, 0.2) is 0 Å². The van der Waals surface area contributed by atoms with E-state index in [1.165, 1.54) is 0 Å². The zero-order chi connectivity index (χ0) is 15.6. The van der Waals surface area contributed by atoms with Gasteiger partial charge in [-0.05, 0) is 32.1 Å². The van der Waals surface area contributed by atoms with Crippen LogP contribution in [0.3, 0.4) is 0 Å². The molecule has 0 aromatic rings. The van der Waals surface area contributed by atoms with Gasteiger partial charge in [-0.15, -0.1) is 0 Å². The molecule has 5 nitrogen and oxygen atoms in total. The fraction of sp³-hybridized carbons (Fsp3) is 0.882. The molecule has 3 fully saturated rings. The molecule has 0 aromatic carbocycles. The quantitative estimate of drug-likeness (QED) is 0.796. The van der Waals surface area contributed by atoms with E-state index in [4.69, 9.17) is 4.74 Å². The number of piperidine rings is 1. The first-order valence-electron chi connectivity index (χ1n) is 8.81. The summed E-state index contributed by atoms with van der Waals surface area (Å²) in [5.41, 5.74) is -0.0776. The molecule has 3 heterocycles. The summed E-state index contributed by atoms with van der Waals surface area (Å²) in [4.78, 5) is 27.7. The first-order valence-corrected chi connectivity index (χ1v) is 8.81. The molecule has 0 aromatic heterocycles. The Morgan fingerprint density at radius 2 is 2.18 bits per heavy atom. The SMILES string of the molecule is CCCC(=O)N1CC2(CC[C@@H](CN3CCCCC3=O)CO2)C1. The van der Waals surface area contributed by atoms with Crippen LogP contribution in [0.1, 0.15) is 51.9 Å². The molecule has 1 spiro atoms. The molecule has 0 radical (unpaired) electrons. The summed E-state index contributed by atoms with van der Waals surface area (Å²) in [6.07, 6.45) is 6.59. The van der Waals surface area contributed by atoms with Crippen molar-refractivity contribution in [2.24, 2.45) is 5.92 Å². The van der Waals surface area contributed by atoms with Crippen molar-refractivity contribution in [2.75, 3.05) is 32.8 Å². The fourth-order valence-electron chi connectivity index (χ4n) is 3.87. The van der Waals surface area contributed by atoms with E-state index in [1.807, 2.05) is 16.7 Å². The first kappa shape index (κ1) is 15.8. The Balaban J connectivity index is 1.42. The summed E-state index contributed by atoms with van der Waals surface area (Å²) in [5, 5.41) is 0. The molecule has 5 heteroatoms.